The van der Waals surface area contributed by atoms with Gasteiger partial charge < -0.3 is 24.8 Å². The lowest BCUT2D eigenvalue weighted by atomic mass is 10.1. The van der Waals surface area contributed by atoms with Gasteiger partial charge in [-0.05, 0) is 60.2 Å². The van der Waals surface area contributed by atoms with E-state index in [4.69, 9.17) is 14.2 Å². The molecular formula is C26H23N3O5. The van der Waals surface area contributed by atoms with Gasteiger partial charge in [0.25, 0.3) is 11.8 Å². The van der Waals surface area contributed by atoms with Crippen molar-refractivity contribution in [2.45, 2.75) is 0 Å². The van der Waals surface area contributed by atoms with E-state index in [9.17, 15) is 14.9 Å². The Labute approximate surface area is 197 Å². The third-order valence-corrected chi connectivity index (χ3v) is 4.63. The van der Waals surface area contributed by atoms with Gasteiger partial charge >= 0.3 is 0 Å². The van der Waals surface area contributed by atoms with Gasteiger partial charge in [-0.3, -0.25) is 9.59 Å². The fraction of sp³-hybridized carbons (Fsp3) is 0.115. The summed E-state index contributed by atoms with van der Waals surface area (Å²) in [5.41, 5.74) is 1.66. The van der Waals surface area contributed by atoms with E-state index in [1.807, 2.05) is 24.3 Å². The first-order valence-corrected chi connectivity index (χ1v) is 10.3. The lowest BCUT2D eigenvalue weighted by Crippen LogP contribution is -2.20. The molecule has 2 N–H and O–H groups in total. The van der Waals surface area contributed by atoms with Crippen LogP contribution < -0.4 is 24.8 Å². The minimum Gasteiger partial charge on any atom is -0.497 e. The number of nitriles is 1. The van der Waals surface area contributed by atoms with Gasteiger partial charge in [-0.2, -0.15) is 5.26 Å². The van der Waals surface area contributed by atoms with Crippen LogP contribution in [0.25, 0.3) is 6.08 Å². The average Bonchev–Trinajstić information content (AvgIpc) is 2.87. The summed E-state index contributed by atoms with van der Waals surface area (Å²) in [6.45, 7) is -0.214. The van der Waals surface area contributed by atoms with Crippen molar-refractivity contribution >= 4 is 29.3 Å². The Balaban J connectivity index is 1.67. The number of amides is 2. The number of rotatable bonds is 9. The number of hydrogen-bond donors (Lipinski definition) is 2. The molecule has 0 aliphatic carbocycles. The number of benzene rings is 3. The molecule has 0 spiro atoms. The van der Waals surface area contributed by atoms with E-state index in [1.165, 1.54) is 13.2 Å². The van der Waals surface area contributed by atoms with Gasteiger partial charge in [0, 0.05) is 11.4 Å². The van der Waals surface area contributed by atoms with E-state index in [2.05, 4.69) is 10.6 Å². The van der Waals surface area contributed by atoms with Crippen LogP contribution in [0.4, 0.5) is 11.4 Å². The second-order valence-corrected chi connectivity index (χ2v) is 6.97. The number of anilines is 2. The molecule has 0 fully saturated rings. The molecule has 0 aromatic heterocycles. The standard InChI is InChI=1S/C26H23N3O5/c1-32-22-11-9-21(10-12-22)29-26(31)19(16-27)14-18-8-13-23(24(15-18)33-2)34-17-25(30)28-20-6-4-3-5-7-20/h3-15H,17H2,1-2H3,(H,28,30)(H,29,31)/b19-14+. The van der Waals surface area contributed by atoms with Crippen molar-refractivity contribution in [3.63, 3.8) is 0 Å². The summed E-state index contributed by atoms with van der Waals surface area (Å²) in [6.07, 6.45) is 1.44. The summed E-state index contributed by atoms with van der Waals surface area (Å²) in [4.78, 5) is 24.6. The third kappa shape index (κ3) is 6.61. The maximum absolute atomic E-state index is 12.5. The zero-order valence-electron chi connectivity index (χ0n) is 18.7. The van der Waals surface area contributed by atoms with E-state index in [-0.39, 0.29) is 18.1 Å². The molecule has 8 heteroatoms. The van der Waals surface area contributed by atoms with E-state index in [0.29, 0.717) is 34.2 Å². The number of nitrogens with zero attached hydrogens (tertiary/aromatic N) is 1. The molecule has 3 aromatic rings. The predicted octanol–water partition coefficient (Wildman–Crippen LogP) is 4.27. The summed E-state index contributed by atoms with van der Waals surface area (Å²) >= 11 is 0. The van der Waals surface area contributed by atoms with Crippen molar-refractivity contribution in [1.82, 2.24) is 0 Å². The number of carbonyl (C=O) groups is 2. The second-order valence-electron chi connectivity index (χ2n) is 6.97. The second kappa shape index (κ2) is 11.7. The van der Waals surface area contributed by atoms with E-state index in [0.717, 1.165) is 0 Å². The highest BCUT2D eigenvalue weighted by molar-refractivity contribution is 6.09. The molecule has 0 unspecified atom stereocenters. The van der Waals surface area contributed by atoms with Gasteiger partial charge in [-0.25, -0.2) is 0 Å². The predicted molar refractivity (Wildman–Crippen MR) is 129 cm³/mol. The molecule has 0 aliphatic heterocycles. The Morgan fingerprint density at radius 3 is 2.24 bits per heavy atom. The number of ether oxygens (including phenoxy) is 3. The van der Waals surface area contributed by atoms with Crippen molar-refractivity contribution in [1.29, 1.82) is 5.26 Å². The van der Waals surface area contributed by atoms with Gasteiger partial charge in [0.1, 0.15) is 17.4 Å². The highest BCUT2D eigenvalue weighted by atomic mass is 16.5. The summed E-state index contributed by atoms with van der Waals surface area (Å²) in [5, 5.41) is 14.9. The molecule has 3 aromatic carbocycles. The topological polar surface area (TPSA) is 110 Å². The van der Waals surface area contributed by atoms with Crippen LogP contribution in [0.15, 0.2) is 78.4 Å². The van der Waals surface area contributed by atoms with Crippen molar-refractivity contribution < 1.29 is 23.8 Å². The van der Waals surface area contributed by atoms with Crippen molar-refractivity contribution in [2.24, 2.45) is 0 Å². The van der Waals surface area contributed by atoms with Crippen LogP contribution in [0, 0.1) is 11.3 Å². The van der Waals surface area contributed by atoms with Gasteiger partial charge in [-0.15, -0.1) is 0 Å². The Morgan fingerprint density at radius 2 is 1.59 bits per heavy atom. The van der Waals surface area contributed by atoms with Crippen LogP contribution in [-0.2, 0) is 9.59 Å². The first kappa shape index (κ1) is 23.9. The molecule has 0 heterocycles. The first-order chi connectivity index (χ1) is 16.5. The average molecular weight is 457 g/mol. The van der Waals surface area contributed by atoms with Crippen molar-refractivity contribution in [3.8, 4) is 23.3 Å². The summed E-state index contributed by atoms with van der Waals surface area (Å²) in [5.74, 6) is 0.489. The van der Waals surface area contributed by atoms with Crippen LogP contribution in [0.5, 0.6) is 17.2 Å². The first-order valence-electron chi connectivity index (χ1n) is 10.3. The van der Waals surface area contributed by atoms with Gasteiger partial charge in [0.2, 0.25) is 0 Å². The van der Waals surface area contributed by atoms with Gasteiger partial charge in [-0.1, -0.05) is 24.3 Å². The van der Waals surface area contributed by atoms with Crippen LogP contribution in [0.1, 0.15) is 5.56 Å². The number of hydrogen-bond acceptors (Lipinski definition) is 6. The molecule has 2 amide bonds. The van der Waals surface area contributed by atoms with E-state index >= 15 is 0 Å². The molecule has 0 bridgehead atoms. The molecule has 0 atom stereocenters. The number of carbonyl (C=O) groups excluding carboxylic acids is 2. The quantitative estimate of drug-likeness (QED) is 0.367. The summed E-state index contributed by atoms with van der Waals surface area (Å²) < 4.78 is 16.0. The molecule has 0 radical (unpaired) electrons. The van der Waals surface area contributed by atoms with Crippen LogP contribution >= 0.6 is 0 Å². The maximum Gasteiger partial charge on any atom is 0.266 e. The molecule has 0 saturated carbocycles. The highest BCUT2D eigenvalue weighted by Gasteiger charge is 2.12. The molecular weight excluding hydrogens is 434 g/mol. The number of para-hydroxylation sites is 1. The molecule has 172 valence electrons. The van der Waals surface area contributed by atoms with Crippen molar-refractivity contribution in [2.75, 3.05) is 31.5 Å². The fourth-order valence-corrected chi connectivity index (χ4v) is 2.94. The zero-order chi connectivity index (χ0) is 24.3. The highest BCUT2D eigenvalue weighted by Crippen LogP contribution is 2.29. The zero-order valence-corrected chi connectivity index (χ0v) is 18.7. The van der Waals surface area contributed by atoms with Crippen LogP contribution in [0.3, 0.4) is 0 Å². The molecule has 34 heavy (non-hydrogen) atoms. The Bertz CT molecular complexity index is 1220. The summed E-state index contributed by atoms with van der Waals surface area (Å²) in [7, 11) is 3.01. The lowest BCUT2D eigenvalue weighted by molar-refractivity contribution is -0.118. The minimum atomic E-state index is -0.551. The number of methoxy groups -OCH3 is 2. The lowest BCUT2D eigenvalue weighted by Gasteiger charge is -2.12. The van der Waals surface area contributed by atoms with E-state index < -0.39 is 5.91 Å². The largest absolute Gasteiger partial charge is 0.497 e. The Hall–Kier alpha value is -4.77. The normalized spacial score (nSPS) is 10.6. The SMILES string of the molecule is COc1ccc(NC(=O)/C(C#N)=C/c2ccc(OCC(=O)Nc3ccccc3)c(OC)c2)cc1. The molecule has 0 saturated heterocycles. The molecule has 8 nitrogen and oxygen atoms in total. The van der Waals surface area contributed by atoms with Crippen molar-refractivity contribution in [3.05, 3.63) is 83.9 Å². The van der Waals surface area contributed by atoms with Crippen LogP contribution in [0.2, 0.25) is 0 Å². The summed E-state index contributed by atoms with van der Waals surface area (Å²) in [6, 6.07) is 22.6. The van der Waals surface area contributed by atoms with E-state index in [1.54, 1.807) is 61.7 Å². The minimum absolute atomic E-state index is 0.0891. The smallest absolute Gasteiger partial charge is 0.266 e. The monoisotopic (exact) mass is 457 g/mol. The Kier molecular flexibility index (Phi) is 8.25. The third-order valence-electron chi connectivity index (χ3n) is 4.63. The Morgan fingerprint density at radius 1 is 0.882 bits per heavy atom. The van der Waals surface area contributed by atoms with Crippen LogP contribution in [-0.4, -0.2) is 32.6 Å². The van der Waals surface area contributed by atoms with Gasteiger partial charge in [0.05, 0.1) is 14.2 Å². The fourth-order valence-electron chi connectivity index (χ4n) is 2.94. The molecule has 0 aliphatic rings. The number of nitrogens with one attached hydrogen (secondary N) is 2. The molecule has 3 rings (SSSR count). The van der Waals surface area contributed by atoms with Gasteiger partial charge in [0.15, 0.2) is 18.1 Å². The maximum atomic E-state index is 12.5.